The van der Waals surface area contributed by atoms with Gasteiger partial charge >= 0.3 is 17.1 Å². The van der Waals surface area contributed by atoms with Crippen molar-refractivity contribution in [2.24, 2.45) is 10.4 Å². The first-order valence-electron chi connectivity index (χ1n) is 5.75. The van der Waals surface area contributed by atoms with E-state index in [1.807, 2.05) is 24.4 Å². The number of hydrogen-bond acceptors (Lipinski definition) is 2. The van der Waals surface area contributed by atoms with Crippen molar-refractivity contribution in [2.45, 2.75) is 46.6 Å². The minimum atomic E-state index is -0.0320. The van der Waals surface area contributed by atoms with Gasteiger partial charge in [-0.25, -0.2) is 0 Å². The SMILES string of the molecule is CC(C)(C)CC(C)(C)N=Cc1ccccn1.[CH3-].[CH3-].[Fe+2]. The number of aromatic nitrogens is 1. The number of rotatable bonds is 3. The topological polar surface area (TPSA) is 25.2 Å². The molecule has 1 aromatic heterocycles. The van der Waals surface area contributed by atoms with Gasteiger partial charge in [0.1, 0.15) is 0 Å². The monoisotopic (exact) mass is 304 g/mol. The summed E-state index contributed by atoms with van der Waals surface area (Å²) in [5.74, 6) is 0. The molecule has 0 aromatic carbocycles. The molecule has 2 nitrogen and oxygen atoms in total. The van der Waals surface area contributed by atoms with Gasteiger partial charge in [0.05, 0.1) is 11.2 Å². The van der Waals surface area contributed by atoms with Crippen LogP contribution in [0.4, 0.5) is 0 Å². The maximum atomic E-state index is 4.62. The molecule has 0 atom stereocenters. The van der Waals surface area contributed by atoms with Crippen LogP contribution in [0.1, 0.15) is 46.7 Å². The van der Waals surface area contributed by atoms with Crippen molar-refractivity contribution in [1.29, 1.82) is 0 Å². The second-order valence-electron chi connectivity index (χ2n) is 6.06. The van der Waals surface area contributed by atoms with E-state index in [1.165, 1.54) is 0 Å². The minimum Gasteiger partial charge on any atom is -0.358 e. The minimum absolute atomic E-state index is 0. The quantitative estimate of drug-likeness (QED) is 0.454. The molecule has 0 unspecified atom stereocenters. The molecule has 1 aromatic rings. The van der Waals surface area contributed by atoms with E-state index >= 15 is 0 Å². The van der Waals surface area contributed by atoms with Gasteiger partial charge in [0.2, 0.25) is 0 Å². The first-order valence-corrected chi connectivity index (χ1v) is 5.75. The molecule has 0 radical (unpaired) electrons. The third kappa shape index (κ3) is 10.9. The first kappa shape index (κ1) is 23.4. The average Bonchev–Trinajstić information content (AvgIpc) is 2.13. The molecule has 1 rings (SSSR count). The van der Waals surface area contributed by atoms with Gasteiger partial charge in [0.15, 0.2) is 0 Å². The Hall–Kier alpha value is -0.661. The van der Waals surface area contributed by atoms with Crippen molar-refractivity contribution < 1.29 is 17.1 Å². The third-order valence-electron chi connectivity index (χ3n) is 2.20. The maximum absolute atomic E-state index is 4.62. The summed E-state index contributed by atoms with van der Waals surface area (Å²) in [6, 6.07) is 5.86. The molecular formula is C16H28FeN2. The van der Waals surface area contributed by atoms with Gasteiger partial charge in [0, 0.05) is 12.4 Å². The van der Waals surface area contributed by atoms with E-state index in [2.05, 4.69) is 44.6 Å². The molecule has 0 saturated heterocycles. The smallest absolute Gasteiger partial charge is 0.358 e. The summed E-state index contributed by atoms with van der Waals surface area (Å²) < 4.78 is 0. The van der Waals surface area contributed by atoms with Crippen molar-refractivity contribution in [3.63, 3.8) is 0 Å². The summed E-state index contributed by atoms with van der Waals surface area (Å²) in [4.78, 5) is 8.85. The first-order chi connectivity index (χ1) is 7.29. The largest absolute Gasteiger partial charge is 2.00 e. The van der Waals surface area contributed by atoms with Gasteiger partial charge in [-0.1, -0.05) is 26.8 Å². The molecule has 0 amide bonds. The van der Waals surface area contributed by atoms with E-state index < -0.39 is 0 Å². The summed E-state index contributed by atoms with van der Waals surface area (Å²) in [6.07, 6.45) is 4.72. The predicted molar refractivity (Wildman–Crippen MR) is 82.8 cm³/mol. The summed E-state index contributed by atoms with van der Waals surface area (Å²) in [5, 5.41) is 0. The fourth-order valence-corrected chi connectivity index (χ4v) is 2.04. The van der Waals surface area contributed by atoms with Crippen LogP contribution in [0.3, 0.4) is 0 Å². The number of pyridine rings is 1. The van der Waals surface area contributed by atoms with E-state index in [0.29, 0.717) is 5.41 Å². The zero-order valence-electron chi connectivity index (χ0n) is 13.3. The Morgan fingerprint density at radius 2 is 1.68 bits per heavy atom. The molecule has 0 aliphatic heterocycles. The van der Waals surface area contributed by atoms with Gasteiger partial charge in [-0.2, -0.15) is 0 Å². The molecule has 1 heterocycles. The van der Waals surface area contributed by atoms with E-state index in [-0.39, 0.29) is 37.5 Å². The number of hydrogen-bond donors (Lipinski definition) is 0. The Bertz CT molecular complexity index is 351. The van der Waals surface area contributed by atoms with E-state index in [1.54, 1.807) is 6.20 Å². The molecule has 0 fully saturated rings. The summed E-state index contributed by atoms with van der Waals surface area (Å²) in [7, 11) is 0. The molecule has 0 aliphatic carbocycles. The van der Waals surface area contributed by atoms with Crippen LogP contribution < -0.4 is 0 Å². The van der Waals surface area contributed by atoms with Crippen LogP contribution in [0.2, 0.25) is 0 Å². The van der Waals surface area contributed by atoms with E-state index in [9.17, 15) is 0 Å². The van der Waals surface area contributed by atoms with Crippen LogP contribution in [0, 0.1) is 20.3 Å². The average molecular weight is 304 g/mol. The van der Waals surface area contributed by atoms with Crippen LogP contribution in [0.25, 0.3) is 0 Å². The zero-order chi connectivity index (χ0) is 12.2. The summed E-state index contributed by atoms with van der Waals surface area (Å²) in [6.45, 7) is 11.1. The van der Waals surface area contributed by atoms with Crippen LogP contribution in [0.5, 0.6) is 0 Å². The van der Waals surface area contributed by atoms with Crippen molar-refractivity contribution in [3.05, 3.63) is 44.9 Å². The molecule has 3 heteroatoms. The molecule has 0 spiro atoms. The Labute approximate surface area is 130 Å². The number of aliphatic imine (C=N–C) groups is 1. The predicted octanol–water partition coefficient (Wildman–Crippen LogP) is 4.61. The fourth-order valence-electron chi connectivity index (χ4n) is 2.04. The van der Waals surface area contributed by atoms with E-state index in [4.69, 9.17) is 0 Å². The van der Waals surface area contributed by atoms with E-state index in [0.717, 1.165) is 12.1 Å². The zero-order valence-corrected chi connectivity index (χ0v) is 14.4. The second-order valence-corrected chi connectivity index (χ2v) is 6.06. The summed E-state index contributed by atoms with van der Waals surface area (Å²) in [5.41, 5.74) is 1.19. The van der Waals surface area contributed by atoms with Crippen molar-refractivity contribution in [1.82, 2.24) is 4.98 Å². The van der Waals surface area contributed by atoms with Crippen LogP contribution in [-0.2, 0) is 17.1 Å². The van der Waals surface area contributed by atoms with Gasteiger partial charge in [0.25, 0.3) is 0 Å². The molecule has 110 valence electrons. The number of nitrogens with zero attached hydrogens (tertiary/aromatic N) is 2. The van der Waals surface area contributed by atoms with Crippen LogP contribution in [0.15, 0.2) is 29.4 Å². The van der Waals surface area contributed by atoms with Crippen molar-refractivity contribution >= 4 is 6.21 Å². The second kappa shape index (κ2) is 9.28. The molecule has 0 N–H and O–H groups in total. The van der Waals surface area contributed by atoms with Crippen molar-refractivity contribution in [3.8, 4) is 0 Å². The van der Waals surface area contributed by atoms with Gasteiger partial charge in [-0.15, -0.1) is 0 Å². The normalized spacial score (nSPS) is 11.2. The Morgan fingerprint density at radius 1 is 1.11 bits per heavy atom. The molecular weight excluding hydrogens is 276 g/mol. The standard InChI is InChI=1S/C14H22N2.2CH3.Fe/c1-13(2,3)11-14(4,5)16-10-12-8-6-7-9-15-12;;;/h6-10H,11H2,1-5H3;2*1H3;/q;2*-1;+2. The van der Waals surface area contributed by atoms with Crippen LogP contribution >= 0.6 is 0 Å². The third-order valence-corrected chi connectivity index (χ3v) is 2.20. The fraction of sp³-hybridized carbons (Fsp3) is 0.500. The van der Waals surface area contributed by atoms with Crippen LogP contribution in [-0.4, -0.2) is 16.7 Å². The van der Waals surface area contributed by atoms with Gasteiger partial charge in [-0.05, 0) is 37.8 Å². The molecule has 0 bridgehead atoms. The van der Waals surface area contributed by atoms with Gasteiger partial charge in [-0.3, -0.25) is 9.98 Å². The Kier molecular flexibility index (Phi) is 11.4. The Morgan fingerprint density at radius 3 is 2.11 bits per heavy atom. The maximum Gasteiger partial charge on any atom is 2.00 e. The molecule has 0 saturated carbocycles. The van der Waals surface area contributed by atoms with Crippen molar-refractivity contribution in [2.75, 3.05) is 0 Å². The summed E-state index contributed by atoms with van der Waals surface area (Å²) >= 11 is 0. The molecule has 0 aliphatic rings. The van der Waals surface area contributed by atoms with Gasteiger partial charge < -0.3 is 14.9 Å². The Balaban J connectivity index is -0.000000853. The molecule has 19 heavy (non-hydrogen) atoms.